The molecule has 90 valence electrons. The fraction of sp³-hybridized carbons (Fsp3) is 0.182. The van der Waals surface area contributed by atoms with Gasteiger partial charge >= 0.3 is 0 Å². The van der Waals surface area contributed by atoms with E-state index in [1.807, 2.05) is 6.92 Å². The zero-order chi connectivity index (χ0) is 12.6. The molecular formula is C11H11BrFN3O. The number of ether oxygens (including phenoxy) is 1. The lowest BCUT2D eigenvalue weighted by molar-refractivity contribution is 0.387. The summed E-state index contributed by atoms with van der Waals surface area (Å²) in [6.45, 7) is 1.86. The van der Waals surface area contributed by atoms with Gasteiger partial charge in [0.1, 0.15) is 5.82 Å². The van der Waals surface area contributed by atoms with Crippen molar-refractivity contribution in [3.63, 3.8) is 0 Å². The lowest BCUT2D eigenvalue weighted by Crippen LogP contribution is -1.96. The van der Waals surface area contributed by atoms with E-state index in [-0.39, 0.29) is 5.75 Å². The smallest absolute Gasteiger partial charge is 0.166 e. The van der Waals surface area contributed by atoms with Gasteiger partial charge in [-0.15, -0.1) is 0 Å². The van der Waals surface area contributed by atoms with Gasteiger partial charge in [-0.2, -0.15) is 5.10 Å². The van der Waals surface area contributed by atoms with Crippen LogP contribution >= 0.6 is 15.9 Å². The summed E-state index contributed by atoms with van der Waals surface area (Å²) < 4.78 is 19.5. The fourth-order valence-corrected chi connectivity index (χ4v) is 2.08. The van der Waals surface area contributed by atoms with E-state index in [0.717, 1.165) is 5.56 Å². The maximum atomic E-state index is 13.8. The molecular weight excluding hydrogens is 289 g/mol. The minimum Gasteiger partial charge on any atom is -0.493 e. The predicted molar refractivity (Wildman–Crippen MR) is 67.4 cm³/mol. The molecule has 0 atom stereocenters. The highest BCUT2D eigenvalue weighted by molar-refractivity contribution is 9.10. The molecule has 0 spiro atoms. The second-order valence-corrected chi connectivity index (χ2v) is 4.43. The molecule has 4 nitrogen and oxygen atoms in total. The third-order valence-electron chi connectivity index (χ3n) is 2.50. The average Bonchev–Trinajstić information content (AvgIpc) is 2.69. The van der Waals surface area contributed by atoms with Gasteiger partial charge in [0.25, 0.3) is 0 Å². The van der Waals surface area contributed by atoms with Gasteiger partial charge in [0.15, 0.2) is 11.6 Å². The number of aromatic nitrogens is 2. The highest BCUT2D eigenvalue weighted by Gasteiger charge is 2.18. The minimum absolute atomic E-state index is 0.175. The maximum Gasteiger partial charge on any atom is 0.166 e. The van der Waals surface area contributed by atoms with E-state index in [2.05, 4.69) is 26.1 Å². The third kappa shape index (κ3) is 2.00. The van der Waals surface area contributed by atoms with E-state index in [4.69, 9.17) is 10.5 Å². The molecule has 0 aliphatic rings. The van der Waals surface area contributed by atoms with Gasteiger partial charge < -0.3 is 10.5 Å². The zero-order valence-electron chi connectivity index (χ0n) is 9.34. The average molecular weight is 300 g/mol. The minimum atomic E-state index is -0.437. The molecule has 1 aromatic carbocycles. The molecule has 6 heteroatoms. The number of aromatic amines is 1. The Balaban J connectivity index is 2.74. The number of hydrogen-bond acceptors (Lipinski definition) is 3. The summed E-state index contributed by atoms with van der Waals surface area (Å²) in [6.07, 6.45) is 0. The van der Waals surface area contributed by atoms with E-state index < -0.39 is 5.82 Å². The van der Waals surface area contributed by atoms with Crippen LogP contribution in [0.1, 0.15) is 5.56 Å². The van der Waals surface area contributed by atoms with Crippen LogP contribution in [0, 0.1) is 12.7 Å². The molecule has 0 fully saturated rings. The lowest BCUT2D eigenvalue weighted by Gasteiger charge is -2.12. The first kappa shape index (κ1) is 11.9. The van der Waals surface area contributed by atoms with Crippen LogP contribution in [-0.4, -0.2) is 17.3 Å². The van der Waals surface area contributed by atoms with Crippen LogP contribution in [0.5, 0.6) is 5.75 Å². The summed E-state index contributed by atoms with van der Waals surface area (Å²) in [5.41, 5.74) is 7.64. The second kappa shape index (κ2) is 4.37. The number of rotatable bonds is 2. The summed E-state index contributed by atoms with van der Waals surface area (Å²) >= 11 is 3.30. The molecule has 1 heterocycles. The van der Waals surface area contributed by atoms with Crippen LogP contribution < -0.4 is 10.5 Å². The second-order valence-electron chi connectivity index (χ2n) is 3.58. The van der Waals surface area contributed by atoms with Gasteiger partial charge in [0, 0.05) is 16.1 Å². The molecule has 0 aliphatic heterocycles. The monoisotopic (exact) mass is 299 g/mol. The molecule has 0 bridgehead atoms. The van der Waals surface area contributed by atoms with E-state index >= 15 is 0 Å². The molecule has 17 heavy (non-hydrogen) atoms. The fourth-order valence-electron chi connectivity index (χ4n) is 1.68. The first-order chi connectivity index (χ1) is 8.04. The highest BCUT2D eigenvalue weighted by atomic mass is 79.9. The van der Waals surface area contributed by atoms with Crippen molar-refractivity contribution in [3.05, 3.63) is 28.0 Å². The molecule has 0 saturated carbocycles. The Morgan fingerprint density at radius 2 is 2.18 bits per heavy atom. The molecule has 0 amide bonds. The molecule has 1 aromatic heterocycles. The number of halogens is 2. The Hall–Kier alpha value is -1.56. The molecule has 0 aliphatic carbocycles. The van der Waals surface area contributed by atoms with E-state index in [1.165, 1.54) is 13.2 Å². The highest BCUT2D eigenvalue weighted by Crippen LogP contribution is 2.38. The van der Waals surface area contributed by atoms with Crippen LogP contribution in [0.2, 0.25) is 0 Å². The largest absolute Gasteiger partial charge is 0.493 e. The van der Waals surface area contributed by atoms with Crippen LogP contribution in [0.4, 0.5) is 10.2 Å². The Morgan fingerprint density at radius 3 is 2.71 bits per heavy atom. The Morgan fingerprint density at radius 1 is 1.47 bits per heavy atom. The van der Waals surface area contributed by atoms with E-state index in [1.54, 1.807) is 6.07 Å². The van der Waals surface area contributed by atoms with Crippen molar-refractivity contribution in [2.45, 2.75) is 6.92 Å². The van der Waals surface area contributed by atoms with E-state index in [9.17, 15) is 4.39 Å². The van der Waals surface area contributed by atoms with Crippen LogP contribution in [0.3, 0.4) is 0 Å². The van der Waals surface area contributed by atoms with Crippen molar-refractivity contribution in [2.24, 2.45) is 0 Å². The number of benzene rings is 1. The van der Waals surface area contributed by atoms with Crippen molar-refractivity contribution in [1.29, 1.82) is 0 Å². The summed E-state index contributed by atoms with van der Waals surface area (Å²) in [4.78, 5) is 0. The number of methoxy groups -OCH3 is 1. The number of nitrogens with zero attached hydrogens (tertiary/aromatic N) is 1. The Labute approximate surface area is 106 Å². The number of hydrogen-bond donors (Lipinski definition) is 2. The molecule has 3 N–H and O–H groups in total. The SMILES string of the molecule is COc1c(F)cc(Br)c(C)c1-c1cc(N)n[nH]1. The number of anilines is 1. The quantitative estimate of drug-likeness (QED) is 0.896. The standard InChI is InChI=1S/C11H11BrFN3O/c1-5-6(12)3-7(13)11(17-2)10(5)8-4-9(14)16-15-8/h3-4H,1-2H3,(H3,14,15,16). The summed E-state index contributed by atoms with van der Waals surface area (Å²) in [7, 11) is 1.43. The zero-order valence-corrected chi connectivity index (χ0v) is 10.9. The molecule has 2 rings (SSSR count). The molecule has 0 radical (unpaired) electrons. The van der Waals surface area contributed by atoms with Crippen molar-refractivity contribution in [1.82, 2.24) is 10.2 Å². The third-order valence-corrected chi connectivity index (χ3v) is 3.33. The first-order valence-electron chi connectivity index (χ1n) is 4.88. The van der Waals surface area contributed by atoms with Gasteiger partial charge in [0.05, 0.1) is 12.8 Å². The Kier molecular flexibility index (Phi) is 3.06. The molecule has 2 aromatic rings. The molecule has 0 saturated heterocycles. The maximum absolute atomic E-state index is 13.8. The molecule has 0 unspecified atom stereocenters. The van der Waals surface area contributed by atoms with Gasteiger partial charge in [-0.1, -0.05) is 15.9 Å². The summed E-state index contributed by atoms with van der Waals surface area (Å²) in [5, 5.41) is 6.58. The van der Waals surface area contributed by atoms with Crippen LogP contribution in [0.25, 0.3) is 11.3 Å². The van der Waals surface area contributed by atoms with Gasteiger partial charge in [0.2, 0.25) is 0 Å². The van der Waals surface area contributed by atoms with E-state index in [0.29, 0.717) is 21.5 Å². The number of nitrogen functional groups attached to an aromatic ring is 1. The lowest BCUT2D eigenvalue weighted by atomic mass is 10.0. The predicted octanol–water partition coefficient (Wildman–Crippen LogP) is 2.88. The normalized spacial score (nSPS) is 10.6. The van der Waals surface area contributed by atoms with Crippen LogP contribution in [-0.2, 0) is 0 Å². The first-order valence-corrected chi connectivity index (χ1v) is 5.67. The van der Waals surface area contributed by atoms with Crippen LogP contribution in [0.15, 0.2) is 16.6 Å². The number of nitrogens with two attached hydrogens (primary N) is 1. The number of nitrogens with one attached hydrogen (secondary N) is 1. The van der Waals surface area contributed by atoms with Gasteiger partial charge in [-0.25, -0.2) is 4.39 Å². The van der Waals surface area contributed by atoms with Crippen molar-refractivity contribution in [3.8, 4) is 17.0 Å². The Bertz CT molecular complexity index is 568. The van der Waals surface area contributed by atoms with Crippen molar-refractivity contribution < 1.29 is 9.13 Å². The number of H-pyrrole nitrogens is 1. The van der Waals surface area contributed by atoms with Crippen molar-refractivity contribution >= 4 is 21.7 Å². The van der Waals surface area contributed by atoms with Gasteiger partial charge in [-0.05, 0) is 18.6 Å². The van der Waals surface area contributed by atoms with Crippen molar-refractivity contribution in [2.75, 3.05) is 12.8 Å². The van der Waals surface area contributed by atoms with Gasteiger partial charge in [-0.3, -0.25) is 5.10 Å². The topological polar surface area (TPSA) is 63.9 Å². The summed E-state index contributed by atoms with van der Waals surface area (Å²) in [5.74, 6) is 0.0873. The summed E-state index contributed by atoms with van der Waals surface area (Å²) in [6, 6.07) is 3.01.